The molecule has 0 N–H and O–H groups in total. The Morgan fingerprint density at radius 2 is 2.33 bits per heavy atom. The first-order valence-corrected chi connectivity index (χ1v) is 9.59. The summed E-state index contributed by atoms with van der Waals surface area (Å²) in [5.74, 6) is 0.140. The van der Waals surface area contributed by atoms with Crippen molar-refractivity contribution in [3.05, 3.63) is 46.1 Å². The van der Waals surface area contributed by atoms with Crippen molar-refractivity contribution < 1.29 is 9.59 Å². The zero-order valence-corrected chi connectivity index (χ0v) is 14.9. The van der Waals surface area contributed by atoms with Gasteiger partial charge >= 0.3 is 0 Å². The molecule has 0 saturated carbocycles. The molecule has 0 atom stereocenters. The lowest BCUT2D eigenvalue weighted by Gasteiger charge is -2.20. The van der Waals surface area contributed by atoms with E-state index < -0.39 is 0 Å². The third kappa shape index (κ3) is 3.91. The van der Waals surface area contributed by atoms with Crippen molar-refractivity contribution in [2.75, 3.05) is 18.0 Å². The summed E-state index contributed by atoms with van der Waals surface area (Å²) < 4.78 is 0. The van der Waals surface area contributed by atoms with E-state index in [2.05, 4.69) is 11.6 Å². The van der Waals surface area contributed by atoms with Crippen molar-refractivity contribution in [1.29, 1.82) is 0 Å². The number of thiophene rings is 1. The summed E-state index contributed by atoms with van der Waals surface area (Å²) in [5.41, 5.74) is 0.722. The van der Waals surface area contributed by atoms with E-state index in [-0.39, 0.29) is 18.2 Å². The van der Waals surface area contributed by atoms with Crippen molar-refractivity contribution >= 4 is 39.6 Å². The molecule has 2 aromatic rings. The maximum absolute atomic E-state index is 12.6. The Kier molecular flexibility index (Phi) is 5.42. The van der Waals surface area contributed by atoms with Gasteiger partial charge in [0.15, 0.2) is 5.13 Å². The second-order valence-electron chi connectivity index (χ2n) is 5.59. The first-order valence-electron chi connectivity index (χ1n) is 7.83. The van der Waals surface area contributed by atoms with Crippen LogP contribution in [0.4, 0.5) is 5.13 Å². The molecule has 1 saturated heterocycles. The van der Waals surface area contributed by atoms with Crippen LogP contribution in [0.15, 0.2) is 35.5 Å². The summed E-state index contributed by atoms with van der Waals surface area (Å²) in [6.07, 6.45) is 3.45. The maximum atomic E-state index is 12.6. The Hall–Kier alpha value is -1.99. The van der Waals surface area contributed by atoms with Crippen LogP contribution in [0.1, 0.15) is 23.4 Å². The standard InChI is InChI=1S/C17H19N3O2S2/c1-2-7-19(11-14-5-4-9-23-14)16(22)10-13-12-24-17(18-13)20-8-3-6-15(20)21/h2,4-5,9,12H,1,3,6-8,10-11H2. The minimum absolute atomic E-state index is 0.0212. The molecule has 5 nitrogen and oxygen atoms in total. The Morgan fingerprint density at radius 3 is 3.00 bits per heavy atom. The fourth-order valence-corrected chi connectivity index (χ4v) is 4.21. The minimum atomic E-state index is 0.0212. The van der Waals surface area contributed by atoms with E-state index in [1.54, 1.807) is 27.2 Å². The fraction of sp³-hybridized carbons (Fsp3) is 0.353. The number of carbonyl (C=O) groups is 2. The van der Waals surface area contributed by atoms with Crippen LogP contribution in [-0.4, -0.2) is 34.8 Å². The van der Waals surface area contributed by atoms with Crippen molar-refractivity contribution in [2.24, 2.45) is 0 Å². The molecule has 3 heterocycles. The third-order valence-electron chi connectivity index (χ3n) is 3.81. The predicted octanol–water partition coefficient (Wildman–Crippen LogP) is 3.09. The van der Waals surface area contributed by atoms with Crippen molar-refractivity contribution in [3.8, 4) is 0 Å². The molecular formula is C17H19N3O2S2. The van der Waals surface area contributed by atoms with Crippen molar-refractivity contribution in [2.45, 2.75) is 25.8 Å². The smallest absolute Gasteiger partial charge is 0.229 e. The number of aromatic nitrogens is 1. The SMILES string of the molecule is C=CCN(Cc1cccs1)C(=O)Cc1csc(N2CCCC2=O)n1. The second-order valence-corrected chi connectivity index (χ2v) is 7.46. The monoisotopic (exact) mass is 361 g/mol. The van der Waals surface area contributed by atoms with Crippen LogP contribution < -0.4 is 4.90 Å². The summed E-state index contributed by atoms with van der Waals surface area (Å²) in [6, 6.07) is 4.00. The van der Waals surface area contributed by atoms with Gasteiger partial charge in [0.25, 0.3) is 0 Å². The van der Waals surface area contributed by atoms with E-state index in [9.17, 15) is 9.59 Å². The molecule has 7 heteroatoms. The minimum Gasteiger partial charge on any atom is -0.334 e. The van der Waals surface area contributed by atoms with Gasteiger partial charge in [0.1, 0.15) is 0 Å². The Morgan fingerprint density at radius 1 is 1.46 bits per heavy atom. The lowest BCUT2D eigenvalue weighted by molar-refractivity contribution is -0.130. The topological polar surface area (TPSA) is 53.5 Å². The Bertz CT molecular complexity index is 724. The van der Waals surface area contributed by atoms with Crippen LogP contribution in [-0.2, 0) is 22.6 Å². The van der Waals surface area contributed by atoms with Crippen LogP contribution in [0.3, 0.4) is 0 Å². The number of thiazole rings is 1. The molecular weight excluding hydrogens is 342 g/mol. The van der Waals surface area contributed by atoms with Crippen LogP contribution >= 0.6 is 22.7 Å². The van der Waals surface area contributed by atoms with Gasteiger partial charge in [-0.05, 0) is 17.9 Å². The molecule has 1 aliphatic rings. The number of rotatable bonds is 7. The first-order chi connectivity index (χ1) is 11.7. The Labute approximate surface area is 149 Å². The zero-order valence-electron chi connectivity index (χ0n) is 13.3. The van der Waals surface area contributed by atoms with E-state index in [1.807, 2.05) is 22.9 Å². The molecule has 1 fully saturated rings. The second kappa shape index (κ2) is 7.72. The van der Waals surface area contributed by atoms with Crippen molar-refractivity contribution in [3.63, 3.8) is 0 Å². The van der Waals surface area contributed by atoms with Gasteiger partial charge in [-0.2, -0.15) is 0 Å². The molecule has 0 aliphatic carbocycles. The van der Waals surface area contributed by atoms with Crippen LogP contribution in [0.2, 0.25) is 0 Å². The average molecular weight is 361 g/mol. The summed E-state index contributed by atoms with van der Waals surface area (Å²) >= 11 is 3.06. The van der Waals surface area contributed by atoms with Crippen LogP contribution in [0, 0.1) is 0 Å². The lowest BCUT2D eigenvalue weighted by atomic mass is 10.3. The summed E-state index contributed by atoms with van der Waals surface area (Å²) in [6.45, 7) is 5.56. The third-order valence-corrected chi connectivity index (χ3v) is 5.58. The highest BCUT2D eigenvalue weighted by molar-refractivity contribution is 7.14. The molecule has 0 bridgehead atoms. The molecule has 1 aliphatic heterocycles. The van der Waals surface area contributed by atoms with Gasteiger partial charge in [-0.15, -0.1) is 29.3 Å². The quantitative estimate of drug-likeness (QED) is 0.712. The number of amides is 2. The van der Waals surface area contributed by atoms with Gasteiger partial charge in [0.2, 0.25) is 11.8 Å². The van der Waals surface area contributed by atoms with E-state index in [4.69, 9.17) is 0 Å². The van der Waals surface area contributed by atoms with Crippen LogP contribution in [0.5, 0.6) is 0 Å². The molecule has 0 radical (unpaired) electrons. The number of hydrogen-bond donors (Lipinski definition) is 0. The summed E-state index contributed by atoms with van der Waals surface area (Å²) in [5, 5.41) is 4.58. The lowest BCUT2D eigenvalue weighted by Crippen LogP contribution is -2.31. The van der Waals surface area contributed by atoms with Gasteiger partial charge in [0.05, 0.1) is 18.7 Å². The number of carbonyl (C=O) groups excluding carboxylic acids is 2. The van der Waals surface area contributed by atoms with E-state index in [1.165, 1.54) is 11.3 Å². The molecule has 0 unspecified atom stereocenters. The molecule has 2 aromatic heterocycles. The first kappa shape index (κ1) is 16.9. The number of anilines is 1. The van der Waals surface area contributed by atoms with Gasteiger partial charge in [-0.3, -0.25) is 14.5 Å². The molecule has 2 amide bonds. The van der Waals surface area contributed by atoms with Crippen molar-refractivity contribution in [1.82, 2.24) is 9.88 Å². The highest BCUT2D eigenvalue weighted by atomic mass is 32.1. The number of hydrogen-bond acceptors (Lipinski definition) is 5. The molecule has 24 heavy (non-hydrogen) atoms. The Balaban J connectivity index is 1.65. The zero-order chi connectivity index (χ0) is 16.9. The maximum Gasteiger partial charge on any atom is 0.229 e. The van der Waals surface area contributed by atoms with Gasteiger partial charge in [-0.25, -0.2) is 4.98 Å². The van der Waals surface area contributed by atoms with Gasteiger partial charge < -0.3 is 4.90 Å². The fourth-order valence-electron chi connectivity index (χ4n) is 2.62. The normalized spacial score (nSPS) is 14.2. The van der Waals surface area contributed by atoms with E-state index >= 15 is 0 Å². The highest BCUT2D eigenvalue weighted by Crippen LogP contribution is 2.25. The molecule has 0 aromatic carbocycles. The predicted molar refractivity (Wildman–Crippen MR) is 97.3 cm³/mol. The van der Waals surface area contributed by atoms with Crippen LogP contribution in [0.25, 0.3) is 0 Å². The van der Waals surface area contributed by atoms with E-state index in [0.29, 0.717) is 24.6 Å². The molecule has 0 spiro atoms. The average Bonchev–Trinajstić information content (AvgIpc) is 3.29. The highest BCUT2D eigenvalue weighted by Gasteiger charge is 2.24. The molecule has 3 rings (SSSR count). The molecule has 126 valence electrons. The van der Waals surface area contributed by atoms with Gasteiger partial charge in [-0.1, -0.05) is 12.1 Å². The largest absolute Gasteiger partial charge is 0.334 e. The van der Waals surface area contributed by atoms with E-state index in [0.717, 1.165) is 23.5 Å². The number of nitrogens with zero attached hydrogens (tertiary/aromatic N) is 3. The summed E-state index contributed by atoms with van der Waals surface area (Å²) in [7, 11) is 0. The van der Waals surface area contributed by atoms with Gasteiger partial charge in [0, 0.05) is 29.8 Å². The summed E-state index contributed by atoms with van der Waals surface area (Å²) in [4.78, 5) is 33.5.